The third-order valence-electron chi connectivity index (χ3n) is 20.9. The van der Waals surface area contributed by atoms with Crippen LogP contribution in [0.5, 0.6) is 0 Å². The van der Waals surface area contributed by atoms with Crippen molar-refractivity contribution in [2.24, 2.45) is 98.6 Å². The smallest absolute Gasteiger partial charge is 0.235 e. The number of nitrogens with one attached hydrogen (secondary N) is 1. The van der Waals surface area contributed by atoms with E-state index in [0.29, 0.717) is 45.5 Å². The lowest BCUT2D eigenvalue weighted by molar-refractivity contribution is -0.251. The van der Waals surface area contributed by atoms with Gasteiger partial charge in [0, 0.05) is 19.1 Å². The topological polar surface area (TPSA) is 49.4 Å². The van der Waals surface area contributed by atoms with Gasteiger partial charge in [0.2, 0.25) is 11.8 Å². The van der Waals surface area contributed by atoms with E-state index in [1.807, 2.05) is 0 Å². The number of rotatable bonds is 7. The van der Waals surface area contributed by atoms with Gasteiger partial charge in [-0.3, -0.25) is 9.59 Å². The van der Waals surface area contributed by atoms with Gasteiger partial charge < -0.3 is 10.2 Å². The van der Waals surface area contributed by atoms with Crippen LogP contribution in [0, 0.1) is 98.6 Å². The van der Waals surface area contributed by atoms with Crippen molar-refractivity contribution >= 4 is 11.8 Å². The molecule has 0 aromatic heterocycles. The molecule has 1 N–H and O–H groups in total. The maximum Gasteiger partial charge on any atom is 0.235 e. The van der Waals surface area contributed by atoms with E-state index < -0.39 is 5.92 Å². The van der Waals surface area contributed by atoms with E-state index in [9.17, 15) is 9.59 Å². The summed E-state index contributed by atoms with van der Waals surface area (Å²) in [5.41, 5.74) is 1.71. The van der Waals surface area contributed by atoms with Gasteiger partial charge in [-0.15, -0.1) is 0 Å². The molecule has 0 radical (unpaired) electrons. The minimum atomic E-state index is -0.464. The Kier molecular flexibility index (Phi) is 9.86. The lowest BCUT2D eigenvalue weighted by Crippen LogP contribution is -2.67. The van der Waals surface area contributed by atoms with Gasteiger partial charge in [0.05, 0.1) is 0 Å². The molecule has 17 unspecified atom stereocenters. The van der Waals surface area contributed by atoms with E-state index in [2.05, 4.69) is 72.5 Å². The zero-order valence-electron chi connectivity index (χ0n) is 35.3. The van der Waals surface area contributed by atoms with E-state index in [1.54, 1.807) is 0 Å². The van der Waals surface area contributed by atoms with Gasteiger partial charge in [-0.2, -0.15) is 0 Å². The fourth-order valence-electron chi connectivity index (χ4n) is 17.7. The lowest BCUT2D eigenvalue weighted by atomic mass is 9.31. The molecule has 0 aromatic rings. The first kappa shape index (κ1) is 37.8. The summed E-state index contributed by atoms with van der Waals surface area (Å²) >= 11 is 0. The molecule has 9 fully saturated rings. The van der Waals surface area contributed by atoms with Crippen molar-refractivity contribution in [2.45, 2.75) is 178 Å². The van der Waals surface area contributed by atoms with Gasteiger partial charge in [0.1, 0.15) is 5.92 Å². The lowest BCUT2D eigenvalue weighted by Gasteiger charge is -2.73. The van der Waals surface area contributed by atoms with Crippen LogP contribution in [-0.2, 0) is 9.59 Å². The average Bonchev–Trinajstić information content (AvgIpc) is 3.62. The molecule has 294 valence electrons. The van der Waals surface area contributed by atoms with Crippen molar-refractivity contribution in [2.75, 3.05) is 13.1 Å². The van der Waals surface area contributed by atoms with Crippen LogP contribution in [0.2, 0.25) is 0 Å². The predicted octanol–water partition coefficient (Wildman–Crippen LogP) is 11.2. The summed E-state index contributed by atoms with van der Waals surface area (Å²) in [6, 6.07) is 0.347. The Hall–Kier alpha value is -1.06. The Bertz CT molecular complexity index is 1360. The van der Waals surface area contributed by atoms with Crippen LogP contribution in [-0.4, -0.2) is 35.8 Å². The predicted molar refractivity (Wildman–Crippen MR) is 213 cm³/mol. The van der Waals surface area contributed by atoms with Crippen LogP contribution in [0.3, 0.4) is 0 Å². The molecular weight excluding hydrogens is 637 g/mol. The normalized spacial score (nSPS) is 52.6. The largest absolute Gasteiger partial charge is 0.355 e. The highest BCUT2D eigenvalue weighted by Gasteiger charge is 2.77. The van der Waals surface area contributed by atoms with E-state index >= 15 is 0 Å². The van der Waals surface area contributed by atoms with E-state index in [1.165, 1.54) is 103 Å². The number of hydrogen-bond donors (Lipinski definition) is 1. The van der Waals surface area contributed by atoms with E-state index in [-0.39, 0.29) is 11.8 Å². The van der Waals surface area contributed by atoms with Crippen molar-refractivity contribution < 1.29 is 9.59 Å². The van der Waals surface area contributed by atoms with Crippen molar-refractivity contribution in [1.82, 2.24) is 10.2 Å². The highest BCUT2D eigenvalue weighted by Crippen LogP contribution is 2.83. The van der Waals surface area contributed by atoms with Gasteiger partial charge >= 0.3 is 0 Å². The molecule has 8 aliphatic carbocycles. The second kappa shape index (κ2) is 13.6. The summed E-state index contributed by atoms with van der Waals surface area (Å²) in [7, 11) is 0. The molecule has 9 aliphatic rings. The number of fused-ring (bicyclic) bond motifs is 4. The third-order valence-corrected chi connectivity index (χ3v) is 20.9. The first-order valence-electron chi connectivity index (χ1n) is 23.3. The fraction of sp³-hybridized carbons (Fsp3) is 0.958. The third kappa shape index (κ3) is 5.43. The quantitative estimate of drug-likeness (QED) is 0.267. The molecule has 1 saturated heterocycles. The number of nitrogens with zero attached hydrogens (tertiary/aromatic N) is 1. The zero-order chi connectivity index (χ0) is 37.0. The molecule has 1 aliphatic heterocycles. The molecule has 2 amide bonds. The van der Waals surface area contributed by atoms with Crippen molar-refractivity contribution in [1.29, 1.82) is 0 Å². The summed E-state index contributed by atoms with van der Waals surface area (Å²) in [6.07, 6.45) is 22.2. The molecule has 4 nitrogen and oxygen atoms in total. The van der Waals surface area contributed by atoms with Crippen LogP contribution >= 0.6 is 0 Å². The van der Waals surface area contributed by atoms with Crippen LogP contribution < -0.4 is 5.32 Å². The first-order chi connectivity index (χ1) is 24.7. The standard InChI is InChI=1S/C48H80N2O2/c1-10-48-33(6)46(9)31(4)25-47(48,26-37-23-30(3)45(7,8)32(5)41(37)48)27-38(46)24-36-19-18-35-16-11-12-17-39(35)42(36)50-21-20-40(44(50)52)43(51)49-28-34-15-13-14-29(2)22-34/h29-42H,10-28H2,1-9H3,(H,49,51). The SMILES string of the molecule is CCC12C3C(CC(C)C(C)(C)C3C)CC13CC(C)C(C)(C(CC1CCC4CCCCC4C1N1CCC(C(=O)NCC4CCCC(C)C4)C1=O)C3)C2C. The van der Waals surface area contributed by atoms with Crippen molar-refractivity contribution in [3.8, 4) is 0 Å². The van der Waals surface area contributed by atoms with Gasteiger partial charge in [0.25, 0.3) is 0 Å². The number of likely N-dealkylation sites (tertiary alicyclic amines) is 1. The summed E-state index contributed by atoms with van der Waals surface area (Å²) in [6.45, 7) is 25.2. The van der Waals surface area contributed by atoms with Gasteiger partial charge in [0.15, 0.2) is 0 Å². The summed E-state index contributed by atoms with van der Waals surface area (Å²) in [5, 5.41) is 3.31. The Morgan fingerprint density at radius 3 is 2.35 bits per heavy atom. The zero-order valence-corrected chi connectivity index (χ0v) is 35.3. The molecule has 9 rings (SSSR count). The van der Waals surface area contributed by atoms with Gasteiger partial charge in [-0.05, 0) is 170 Å². The highest BCUT2D eigenvalue weighted by atomic mass is 16.2. The van der Waals surface area contributed by atoms with Crippen molar-refractivity contribution in [3.05, 3.63) is 0 Å². The molecule has 52 heavy (non-hydrogen) atoms. The Balaban J connectivity index is 1.05. The van der Waals surface area contributed by atoms with Crippen LogP contribution in [0.4, 0.5) is 0 Å². The Labute approximate surface area is 319 Å². The maximum atomic E-state index is 14.5. The average molecular weight is 717 g/mol. The Morgan fingerprint density at radius 1 is 0.827 bits per heavy atom. The minimum Gasteiger partial charge on any atom is -0.355 e. The van der Waals surface area contributed by atoms with Crippen LogP contribution in [0.1, 0.15) is 171 Å². The maximum absolute atomic E-state index is 14.5. The van der Waals surface area contributed by atoms with Crippen LogP contribution in [0.15, 0.2) is 0 Å². The molecule has 8 saturated carbocycles. The molecule has 2 bridgehead atoms. The summed E-state index contributed by atoms with van der Waals surface area (Å²) < 4.78 is 0. The first-order valence-corrected chi connectivity index (χ1v) is 23.3. The molecule has 1 heterocycles. The van der Waals surface area contributed by atoms with E-state index in [4.69, 9.17) is 0 Å². The molecule has 0 aromatic carbocycles. The minimum absolute atomic E-state index is 0.0301. The fourth-order valence-corrected chi connectivity index (χ4v) is 17.7. The van der Waals surface area contributed by atoms with Crippen molar-refractivity contribution in [3.63, 3.8) is 0 Å². The number of hydrogen-bond acceptors (Lipinski definition) is 2. The van der Waals surface area contributed by atoms with Gasteiger partial charge in [-0.1, -0.05) is 94.4 Å². The molecule has 1 spiro atoms. The Morgan fingerprint density at radius 2 is 1.60 bits per heavy atom. The van der Waals surface area contributed by atoms with Gasteiger partial charge in [-0.25, -0.2) is 0 Å². The summed E-state index contributed by atoms with van der Waals surface area (Å²) in [4.78, 5) is 30.5. The highest BCUT2D eigenvalue weighted by molar-refractivity contribution is 6.01. The second-order valence-electron chi connectivity index (χ2n) is 22.5. The molecular formula is C48H80N2O2. The molecule has 4 heteroatoms. The monoisotopic (exact) mass is 717 g/mol. The van der Waals surface area contributed by atoms with Crippen LogP contribution in [0.25, 0.3) is 0 Å². The number of carbonyl (C=O) groups excluding carboxylic acids is 2. The van der Waals surface area contributed by atoms with E-state index in [0.717, 1.165) is 72.8 Å². The number of amides is 2. The molecule has 17 atom stereocenters. The second-order valence-corrected chi connectivity index (χ2v) is 22.5. The summed E-state index contributed by atoms with van der Waals surface area (Å²) in [5.74, 6) is 8.68. The number of carbonyl (C=O) groups is 2.